The van der Waals surface area contributed by atoms with E-state index in [0.717, 1.165) is 0 Å². The molecular formula is C72H85N9O25. The van der Waals surface area contributed by atoms with Crippen LogP contribution in [-0.4, -0.2) is 271 Å². The molecule has 3 saturated carbocycles. The average Bonchev–Trinajstić information content (AvgIpc) is 0.700. The van der Waals surface area contributed by atoms with E-state index in [1.807, 2.05) is 0 Å². The van der Waals surface area contributed by atoms with Gasteiger partial charge in [0.1, 0.15) is 68.5 Å². The summed E-state index contributed by atoms with van der Waals surface area (Å²) in [5, 5.41) is 170. The number of nitrogens with two attached hydrogens (primary N) is 4. The minimum atomic E-state index is -2.98. The predicted molar refractivity (Wildman–Crippen MR) is 369 cm³/mol. The van der Waals surface area contributed by atoms with Gasteiger partial charge in [-0.05, 0) is 96.9 Å². The van der Waals surface area contributed by atoms with Crippen LogP contribution in [0.1, 0.15) is 83.0 Å². The molecule has 0 radical (unpaired) electrons. The second-order valence-electron chi connectivity index (χ2n) is 29.2. The molecule has 0 aliphatic heterocycles. The van der Waals surface area contributed by atoms with Crippen molar-refractivity contribution in [2.75, 3.05) is 62.9 Å². The molecule has 4 amide bonds. The molecule has 24 N–H and O–H groups in total. The Hall–Kier alpha value is -10.2. The number of nitrogens with one attached hydrogen (secondary N) is 1. The number of hydrogen-bond donors (Lipinski definition) is 20. The van der Waals surface area contributed by atoms with Gasteiger partial charge in [-0.25, -0.2) is 0 Å². The predicted octanol–water partition coefficient (Wildman–Crippen LogP) is -2.88. The van der Waals surface area contributed by atoms with Crippen LogP contribution < -0.4 is 28.3 Å². The van der Waals surface area contributed by atoms with E-state index in [0.29, 0.717) is 22.3 Å². The summed E-state index contributed by atoms with van der Waals surface area (Å²) >= 11 is 0. The number of benzene rings is 3. The second-order valence-corrected chi connectivity index (χ2v) is 29.2. The smallest absolute Gasteiger partial charge is 0.255 e. The zero-order chi connectivity index (χ0) is 79.3. The zero-order valence-corrected chi connectivity index (χ0v) is 59.2. The molecule has 0 bridgehead atoms. The molecule has 9 aliphatic carbocycles. The number of carbonyl (C=O) groups excluding carboxylic acids is 10. The maximum Gasteiger partial charge on any atom is 0.255 e. The van der Waals surface area contributed by atoms with E-state index in [4.69, 9.17) is 22.9 Å². The molecular weight excluding hydrogens is 1390 g/mol. The van der Waals surface area contributed by atoms with Crippen molar-refractivity contribution < 1.29 is 125 Å². The summed E-state index contributed by atoms with van der Waals surface area (Å²) in [4.78, 5) is 135. The van der Waals surface area contributed by atoms with Crippen molar-refractivity contribution >= 4 is 75.6 Å². The number of aliphatic hydroxyl groups is 12. The highest BCUT2D eigenvalue weighted by Gasteiger charge is 2.72. The minimum absolute atomic E-state index is 0.0245. The first-order valence-electron chi connectivity index (χ1n) is 33.4. The van der Waals surface area contributed by atoms with Gasteiger partial charge in [0.2, 0.25) is 23.3 Å². The fraction of sp³-hybridized carbons (Fsp3) is 0.444. The van der Waals surface area contributed by atoms with Gasteiger partial charge in [-0.2, -0.15) is 0 Å². The average molecular weight is 1480 g/mol. The van der Waals surface area contributed by atoms with Crippen LogP contribution in [0.3, 0.4) is 0 Å². The lowest BCUT2D eigenvalue weighted by Gasteiger charge is -2.53. The molecule has 34 heteroatoms. The number of aliphatic hydroxyl groups excluding tert-OH is 9. The van der Waals surface area contributed by atoms with Crippen LogP contribution in [0.5, 0.6) is 17.2 Å². The van der Waals surface area contributed by atoms with E-state index >= 15 is 0 Å². The Morgan fingerprint density at radius 2 is 0.755 bits per heavy atom. The third kappa shape index (κ3) is 11.0. The molecule has 3 aromatic rings. The van der Waals surface area contributed by atoms with E-state index < -0.39 is 233 Å². The molecule has 0 saturated heterocycles. The maximum atomic E-state index is 14.0. The first-order chi connectivity index (χ1) is 49.2. The number of nitrogens with zero attached hydrogens (tertiary/aromatic N) is 4. The molecule has 18 atom stereocenters. The summed E-state index contributed by atoms with van der Waals surface area (Å²) in [7, 11) is 12.2. The number of amides is 4. The molecule has 0 spiro atoms. The third-order valence-corrected chi connectivity index (χ3v) is 22.6. The van der Waals surface area contributed by atoms with Gasteiger partial charge in [0.05, 0.1) is 77.4 Å². The van der Waals surface area contributed by atoms with Crippen LogP contribution in [0.15, 0.2) is 93.2 Å². The van der Waals surface area contributed by atoms with Crippen LogP contribution >= 0.6 is 0 Å². The Morgan fingerprint density at radius 1 is 0.453 bits per heavy atom. The van der Waals surface area contributed by atoms with Crippen LogP contribution in [-0.2, 0) is 61.0 Å². The van der Waals surface area contributed by atoms with Crippen LogP contribution in [0.2, 0.25) is 0 Å². The maximum absolute atomic E-state index is 14.0. The lowest BCUT2D eigenvalue weighted by atomic mass is 9.54. The number of carbonyl (C=O) groups is 10. The van der Waals surface area contributed by atoms with Gasteiger partial charge in [0.25, 0.3) is 17.7 Å². The number of fused-ring (bicyclic) bond motifs is 9. The van der Waals surface area contributed by atoms with E-state index in [9.17, 15) is 125 Å². The molecule has 568 valence electrons. The number of Topliss-reactive ketones (excluding diaryl/α,β-unsaturated/α-hetero) is 6. The van der Waals surface area contributed by atoms with Crippen molar-refractivity contribution in [2.24, 2.45) is 58.4 Å². The largest absolute Gasteiger partial charge is 0.508 e. The van der Waals surface area contributed by atoms with Crippen molar-refractivity contribution in [1.29, 1.82) is 0 Å². The van der Waals surface area contributed by atoms with Crippen molar-refractivity contribution in [3.63, 3.8) is 0 Å². The topological polar surface area (TPSA) is 603 Å². The van der Waals surface area contributed by atoms with Gasteiger partial charge < -0.3 is 110 Å². The molecule has 0 heterocycles. The molecule has 12 rings (SSSR count). The third-order valence-electron chi connectivity index (χ3n) is 22.6. The number of rotatable bonds is 11. The summed E-state index contributed by atoms with van der Waals surface area (Å²) in [5.41, 5.74) is 10.1. The molecule has 3 fully saturated rings. The van der Waals surface area contributed by atoms with Gasteiger partial charge in [0.15, 0.2) is 34.2 Å². The van der Waals surface area contributed by atoms with Gasteiger partial charge in [0, 0.05) is 58.7 Å². The van der Waals surface area contributed by atoms with Crippen molar-refractivity contribution in [3.8, 4) is 17.2 Å². The van der Waals surface area contributed by atoms with Gasteiger partial charge >= 0.3 is 0 Å². The molecule has 3 aromatic carbocycles. The quantitative estimate of drug-likeness (QED) is 0.0858. The highest BCUT2D eigenvalue weighted by atomic mass is 16.4. The number of ketones is 6. The number of hydrogen-bond acceptors (Lipinski definition) is 30. The van der Waals surface area contributed by atoms with Crippen molar-refractivity contribution in [1.82, 2.24) is 24.9 Å². The number of primary amides is 3. The lowest BCUT2D eigenvalue weighted by Crippen LogP contribution is -2.70. The molecule has 106 heavy (non-hydrogen) atoms. The first kappa shape index (κ1) is 78.4. The SMILES string of the molecule is C[C@H]1c2ccc(CN)c(O)c2C(O)=C2C(=O)[C@]3(O)C(O)=C(C(N)=O)C(=O)[C@@H](N(C)C)[C@@H]3[C@@H](O)[C@@H]21.C[C@H]1c2ccc(CNC(=O)CN(C)C)c(O)c2C(O)=C2C(=O)[C@]3(O)C(O)=C(C(N)=O)C(=O)[C@@H](N(C)C)[C@@H]3[C@@H](O)[C@@H]21.C[C@H]1c2cccc(O)c2C(O)=C2C(=O)[C@]3(O)C(O)=C(C(N)=O)C(=O)[C@@H](N(C)C)[C@@H]3[C@@H](O)[C@@H]21. The fourth-order valence-electron chi connectivity index (χ4n) is 17.7. The van der Waals surface area contributed by atoms with E-state index in [1.165, 1.54) is 63.1 Å². The molecule has 0 unspecified atom stereocenters. The van der Waals surface area contributed by atoms with Crippen LogP contribution in [0.4, 0.5) is 0 Å². The summed E-state index contributed by atoms with van der Waals surface area (Å²) in [6, 6.07) is 6.66. The van der Waals surface area contributed by atoms with E-state index in [2.05, 4.69) is 5.32 Å². The highest BCUT2D eigenvalue weighted by molar-refractivity contribution is 6.27. The summed E-state index contributed by atoms with van der Waals surface area (Å²) in [5.74, 6) is -27.8. The number of aromatic hydroxyl groups is 3. The van der Waals surface area contributed by atoms with E-state index in [1.54, 1.807) is 76.2 Å². The lowest BCUT2D eigenvalue weighted by molar-refractivity contribution is -0.170. The van der Waals surface area contributed by atoms with Gasteiger partial charge in [-0.15, -0.1) is 0 Å². The zero-order valence-electron chi connectivity index (χ0n) is 59.2. The first-order valence-corrected chi connectivity index (χ1v) is 33.4. The van der Waals surface area contributed by atoms with Crippen LogP contribution in [0, 0.1) is 35.5 Å². The number of phenols is 3. The monoisotopic (exact) mass is 1480 g/mol. The van der Waals surface area contributed by atoms with Gasteiger partial charge in [-0.1, -0.05) is 57.2 Å². The summed E-state index contributed by atoms with van der Waals surface area (Å²) in [6.45, 7) is 4.95. The summed E-state index contributed by atoms with van der Waals surface area (Å²) < 4.78 is 0. The molecule has 9 aliphatic rings. The molecule has 34 nitrogen and oxygen atoms in total. The summed E-state index contributed by atoms with van der Waals surface area (Å²) in [6.07, 6.45) is -4.87. The second kappa shape index (κ2) is 27.3. The highest BCUT2D eigenvalue weighted by Crippen LogP contribution is 2.60. The normalized spacial score (nSPS) is 32.3. The van der Waals surface area contributed by atoms with Crippen molar-refractivity contribution in [3.05, 3.63) is 138 Å². The fourth-order valence-corrected chi connectivity index (χ4v) is 17.7. The number of likely N-dealkylation sites (N-methyl/N-ethyl adjacent to an activating group) is 4. The van der Waals surface area contributed by atoms with Gasteiger partial charge in [-0.3, -0.25) is 62.6 Å². The Morgan fingerprint density at radius 3 is 1.06 bits per heavy atom. The van der Waals surface area contributed by atoms with E-state index in [-0.39, 0.29) is 59.3 Å². The number of phenolic OH excluding ortho intramolecular Hbond substituents is 3. The minimum Gasteiger partial charge on any atom is -0.508 e. The Bertz CT molecular complexity index is 4620. The Balaban J connectivity index is 0.000000171. The Kier molecular flexibility index (Phi) is 20.2. The van der Waals surface area contributed by atoms with Crippen molar-refractivity contribution in [2.45, 2.75) is 105 Å². The van der Waals surface area contributed by atoms with Crippen LogP contribution in [0.25, 0.3) is 17.3 Å². The molecule has 0 aromatic heterocycles. The Labute approximate surface area is 604 Å². The standard InChI is InChI=1S/C27H34N4O9.C23H27N3O8.C22H24N2O8/c1-10-12-7-6-11(8-29-13(32)9-30(2)3)20(33)15(12)21(34)16-14(10)22(35)18-19(31(4)5)23(36)17(26(28)39)25(38)27(18,40)24(16)37;1-7-9-5-4-8(6-24)16(27)11(9)17(28)12-10(7)18(29)14-15(26(2)3)19(30)13(22(25)33)21(32)23(14,34)20(12)31;1-7-8-5-4-6-9(25)11(8)16(26)12-10(7)17(27)14-15(24(2)3)18(28)13(21(23)31)20(30)22(14,32)19(12)29/h6-7,10,14,18-19,22,33-35,38,40H,8-9H2,1-5H3,(H2,28,39)(H,29,32);4-5,7,10,14-15,18,27-29,32,34H,6,24H2,1-3H3,(H2,25,33);4-7,10,14-15,17,25-27,30,32H,1-3H3,(H2,23,31)/t10-,14+,18+,19-,22-,27-;7-,10+,14+,15-,18-,23-;7-,10+,14+,15-,17-,22-/m000/s1.